The number of carbonyl (C=O) groups is 1. The number of rotatable bonds is 10. The minimum Gasteiger partial charge on any atom is -0.336 e. The number of imidazole rings is 1. The molecule has 2 aromatic carbocycles. The molecule has 17 heteroatoms. The molecule has 42 heavy (non-hydrogen) atoms. The number of alkyl halides is 6. The van der Waals surface area contributed by atoms with Crippen LogP contribution < -0.4 is 10.6 Å². The first-order chi connectivity index (χ1) is 19.4. The van der Waals surface area contributed by atoms with Crippen molar-refractivity contribution in [3.63, 3.8) is 0 Å². The molecule has 2 atom stereocenters. The number of nitrogens with one attached hydrogen (secondary N) is 2. The Morgan fingerprint density at radius 2 is 1.76 bits per heavy atom. The summed E-state index contributed by atoms with van der Waals surface area (Å²) in [6, 6.07) is 3.07. The lowest BCUT2D eigenvalue weighted by molar-refractivity contribution is -0.161. The van der Waals surface area contributed by atoms with Gasteiger partial charge >= 0.3 is 12.4 Å². The van der Waals surface area contributed by atoms with Gasteiger partial charge < -0.3 is 9.88 Å². The molecule has 1 aliphatic carbocycles. The molecule has 3 aromatic rings. The van der Waals surface area contributed by atoms with Crippen LogP contribution in [0.5, 0.6) is 0 Å². The van der Waals surface area contributed by atoms with Gasteiger partial charge in [0.15, 0.2) is 9.84 Å². The molecule has 1 amide bonds. The number of nitriles is 1. The van der Waals surface area contributed by atoms with Crippen LogP contribution in [0.3, 0.4) is 0 Å². The molecule has 4 rings (SSSR count). The Morgan fingerprint density at radius 1 is 1.10 bits per heavy atom. The lowest BCUT2D eigenvalue weighted by Gasteiger charge is -2.28. The average Bonchev–Trinajstić information content (AvgIpc) is 3.54. The van der Waals surface area contributed by atoms with E-state index in [1.165, 1.54) is 24.3 Å². The van der Waals surface area contributed by atoms with E-state index in [1.807, 2.05) is 0 Å². The molecular formula is C25H21F8N5O3S. The maximum atomic E-state index is 14.4. The van der Waals surface area contributed by atoms with Crippen molar-refractivity contribution < 1.29 is 48.3 Å². The molecule has 0 saturated heterocycles. The van der Waals surface area contributed by atoms with Gasteiger partial charge in [-0.05, 0) is 31.0 Å². The maximum Gasteiger partial charge on any atom is 0.449 e. The quantitative estimate of drug-likeness (QED) is 0.328. The zero-order valence-corrected chi connectivity index (χ0v) is 22.0. The van der Waals surface area contributed by atoms with Gasteiger partial charge in [0.25, 0.3) is 0 Å². The third-order valence-corrected chi connectivity index (χ3v) is 8.21. The summed E-state index contributed by atoms with van der Waals surface area (Å²) in [6.45, 7) is -0.816. The van der Waals surface area contributed by atoms with Crippen molar-refractivity contribution in [3.8, 4) is 6.07 Å². The van der Waals surface area contributed by atoms with Crippen LogP contribution in [0.4, 0.5) is 35.1 Å². The average molecular weight is 624 g/mol. The molecule has 226 valence electrons. The largest absolute Gasteiger partial charge is 0.449 e. The number of halogens is 8. The summed E-state index contributed by atoms with van der Waals surface area (Å²) in [6.07, 6.45) is -10.0. The van der Waals surface area contributed by atoms with Gasteiger partial charge in [0, 0.05) is 18.2 Å². The van der Waals surface area contributed by atoms with Crippen LogP contribution >= 0.6 is 0 Å². The Labute approximate surface area is 233 Å². The minimum atomic E-state index is -5.31. The number of fused-ring (bicyclic) bond motifs is 1. The first kappa shape index (κ1) is 31.2. The van der Waals surface area contributed by atoms with Gasteiger partial charge in [0.05, 0.1) is 28.6 Å². The molecule has 8 nitrogen and oxygen atoms in total. The van der Waals surface area contributed by atoms with Crippen molar-refractivity contribution in [2.75, 3.05) is 11.5 Å². The Balaban J connectivity index is 1.64. The van der Waals surface area contributed by atoms with E-state index in [0.29, 0.717) is 16.7 Å². The maximum absolute atomic E-state index is 14.4. The number of nitrogens with zero attached hydrogens (tertiary/aromatic N) is 3. The van der Waals surface area contributed by atoms with Gasteiger partial charge in [-0.3, -0.25) is 10.1 Å². The van der Waals surface area contributed by atoms with Gasteiger partial charge in [-0.25, -0.2) is 22.2 Å². The summed E-state index contributed by atoms with van der Waals surface area (Å²) in [5, 5.41) is 13.2. The van der Waals surface area contributed by atoms with Crippen molar-refractivity contribution in [2.45, 2.75) is 49.4 Å². The molecule has 0 unspecified atom stereocenters. The highest BCUT2D eigenvalue weighted by atomic mass is 32.2. The lowest BCUT2D eigenvalue weighted by atomic mass is 10.0. The van der Waals surface area contributed by atoms with Crippen molar-refractivity contribution in [1.82, 2.24) is 20.2 Å². The van der Waals surface area contributed by atoms with E-state index in [4.69, 9.17) is 0 Å². The van der Waals surface area contributed by atoms with E-state index in [9.17, 15) is 53.6 Å². The second kappa shape index (κ2) is 11.1. The van der Waals surface area contributed by atoms with Crippen LogP contribution in [0, 0.1) is 23.0 Å². The molecule has 0 radical (unpaired) electrons. The van der Waals surface area contributed by atoms with Gasteiger partial charge in [-0.1, -0.05) is 18.2 Å². The Hall–Kier alpha value is -3.78. The molecule has 1 saturated carbocycles. The molecule has 1 aliphatic rings. The molecule has 1 heterocycles. The number of hydrogen-bond donors (Lipinski definition) is 2. The van der Waals surface area contributed by atoms with E-state index in [1.54, 1.807) is 11.4 Å². The fraction of sp³-hybridized carbons (Fsp3) is 0.400. The highest BCUT2D eigenvalue weighted by molar-refractivity contribution is 7.91. The van der Waals surface area contributed by atoms with Gasteiger partial charge in [-0.2, -0.15) is 31.6 Å². The second-order valence-electron chi connectivity index (χ2n) is 9.73. The number of benzene rings is 2. The number of para-hydroxylation sites is 2. The van der Waals surface area contributed by atoms with E-state index in [-0.39, 0.29) is 29.9 Å². The fourth-order valence-corrected chi connectivity index (χ4v) is 5.68. The third-order valence-electron chi connectivity index (χ3n) is 6.57. The Bertz CT molecular complexity index is 1640. The third kappa shape index (κ3) is 6.98. The SMILES string of the molecule is N#CC1(NC(=O)[C@H](CS(=O)(=O)CCn2c(C(F)(F)F)nc3ccccc32)N[C@@H](c2ccc(F)cc2F)C(F)(F)F)CC1. The topological polar surface area (TPSA) is 117 Å². The summed E-state index contributed by atoms with van der Waals surface area (Å²) < 4.78 is 137. The monoisotopic (exact) mass is 623 g/mol. The Morgan fingerprint density at radius 3 is 2.33 bits per heavy atom. The van der Waals surface area contributed by atoms with Crippen molar-refractivity contribution in [2.24, 2.45) is 0 Å². The summed E-state index contributed by atoms with van der Waals surface area (Å²) in [5.41, 5.74) is -2.71. The number of hydrogen-bond acceptors (Lipinski definition) is 6. The number of amides is 1. The number of aryl methyl sites for hydroxylation is 1. The highest BCUT2D eigenvalue weighted by Crippen LogP contribution is 2.37. The Kier molecular flexibility index (Phi) is 8.26. The molecule has 0 bridgehead atoms. The summed E-state index contributed by atoms with van der Waals surface area (Å²) in [4.78, 5) is 16.5. The highest BCUT2D eigenvalue weighted by Gasteiger charge is 2.49. The van der Waals surface area contributed by atoms with Gasteiger partial charge in [0.1, 0.15) is 29.3 Å². The summed E-state index contributed by atoms with van der Waals surface area (Å²) >= 11 is 0. The number of aromatic nitrogens is 2. The van der Waals surface area contributed by atoms with Crippen molar-refractivity contribution in [1.29, 1.82) is 5.26 Å². The zero-order valence-electron chi connectivity index (χ0n) is 21.2. The lowest BCUT2D eigenvalue weighted by Crippen LogP contribution is -2.54. The van der Waals surface area contributed by atoms with Crippen molar-refractivity contribution in [3.05, 3.63) is 65.5 Å². The normalized spacial score (nSPS) is 16.5. The van der Waals surface area contributed by atoms with Gasteiger partial charge in [0.2, 0.25) is 11.7 Å². The van der Waals surface area contributed by atoms with E-state index in [0.717, 1.165) is 0 Å². The smallest absolute Gasteiger partial charge is 0.336 e. The van der Waals surface area contributed by atoms with Crippen LogP contribution in [0.1, 0.15) is 30.3 Å². The number of sulfone groups is 1. The van der Waals surface area contributed by atoms with Crippen LogP contribution in [-0.4, -0.2) is 53.1 Å². The van der Waals surface area contributed by atoms with E-state index in [2.05, 4.69) is 10.3 Å². The fourth-order valence-electron chi connectivity index (χ4n) is 4.30. The molecule has 0 aliphatic heterocycles. The van der Waals surface area contributed by atoms with Gasteiger partial charge in [-0.15, -0.1) is 0 Å². The zero-order chi connectivity index (χ0) is 31.1. The predicted molar refractivity (Wildman–Crippen MR) is 131 cm³/mol. The molecule has 2 N–H and O–H groups in total. The number of carbonyl (C=O) groups excluding carboxylic acids is 1. The predicted octanol–water partition coefficient (Wildman–Crippen LogP) is 4.18. The summed E-state index contributed by atoms with van der Waals surface area (Å²) in [5.74, 6) is -7.96. The van der Waals surface area contributed by atoms with E-state index >= 15 is 0 Å². The second-order valence-corrected chi connectivity index (χ2v) is 12.0. The van der Waals surface area contributed by atoms with Crippen LogP contribution in [0.15, 0.2) is 42.5 Å². The molecular weight excluding hydrogens is 602 g/mol. The standard InChI is InChI=1S/C25H21F8N5O3S/c26-14-5-6-15(16(27)11-14)20(24(28,29)30)35-18(21(39)37-23(13-34)7-8-23)12-42(40,41)10-9-38-19-4-2-1-3-17(19)36-22(38)25(31,32)33/h1-6,11,18,20,35H,7-10,12H2,(H,37,39)/t18-,20-/m0/s1. The molecule has 0 spiro atoms. The first-order valence-electron chi connectivity index (χ1n) is 12.2. The van der Waals surface area contributed by atoms with E-state index < -0.39 is 86.8 Å². The van der Waals surface area contributed by atoms with Crippen LogP contribution in [-0.2, 0) is 27.4 Å². The van der Waals surface area contributed by atoms with Crippen LogP contribution in [0.2, 0.25) is 0 Å². The summed E-state index contributed by atoms with van der Waals surface area (Å²) in [7, 11) is -4.61. The minimum absolute atomic E-state index is 0.0546. The van der Waals surface area contributed by atoms with Crippen LogP contribution in [0.25, 0.3) is 11.0 Å². The van der Waals surface area contributed by atoms with Crippen molar-refractivity contribution >= 4 is 26.8 Å². The first-order valence-corrected chi connectivity index (χ1v) is 14.0. The molecule has 1 fully saturated rings. The molecule has 1 aromatic heterocycles.